The summed E-state index contributed by atoms with van der Waals surface area (Å²) in [5.41, 5.74) is 0. The fourth-order valence-corrected chi connectivity index (χ4v) is 0.453. The smallest absolute Gasteiger partial charge is 0.115 e. The zero-order chi connectivity index (χ0) is 5.98. The summed E-state index contributed by atoms with van der Waals surface area (Å²) >= 11 is 0. The summed E-state index contributed by atoms with van der Waals surface area (Å²) < 4.78 is 0. The molecule has 0 aliphatic carbocycles. The summed E-state index contributed by atoms with van der Waals surface area (Å²) in [5.74, 6) is 0.339. The maximum atomic E-state index is 8.65. The molecule has 0 saturated heterocycles. The minimum Gasteiger partial charge on any atom is -0.508 e. The van der Waals surface area contributed by atoms with E-state index in [9.17, 15) is 0 Å². The van der Waals surface area contributed by atoms with Gasteiger partial charge in [-0.1, -0.05) is 0 Å². The van der Waals surface area contributed by atoms with Crippen LogP contribution < -0.4 is 0 Å². The monoisotopic (exact) mass is 146 g/mol. The fraction of sp³-hybridized carbons (Fsp3) is 0. The third kappa shape index (κ3) is 2.24. The summed E-state index contributed by atoms with van der Waals surface area (Å²) in [6.07, 6.45) is 0. The molecule has 0 aromatic heterocycles. The summed E-state index contributed by atoms with van der Waals surface area (Å²) in [6.45, 7) is 0. The van der Waals surface area contributed by atoms with Gasteiger partial charge >= 0.3 is 0 Å². The number of rotatable bonds is 0. The molecule has 0 bridgehead atoms. The Balaban J connectivity index is 0.000000640. The molecule has 0 aliphatic heterocycles. The van der Waals surface area contributed by atoms with Gasteiger partial charge in [-0.3, -0.25) is 0 Å². The lowest BCUT2D eigenvalue weighted by Gasteiger charge is -1.88. The van der Waals surface area contributed by atoms with E-state index in [4.69, 9.17) is 10.2 Å². The highest BCUT2D eigenvalue weighted by Crippen LogP contribution is 2.13. The second-order valence-electron chi connectivity index (χ2n) is 1.52. The molecule has 0 saturated carbocycles. The molecule has 0 fully saturated rings. The molecule has 1 rings (SSSR count). The quantitative estimate of drug-likeness (QED) is 0.545. The van der Waals surface area contributed by atoms with E-state index >= 15 is 0 Å². The van der Waals surface area contributed by atoms with E-state index in [0.29, 0.717) is 0 Å². The van der Waals surface area contributed by atoms with Gasteiger partial charge in [0.05, 0.1) is 0 Å². The van der Waals surface area contributed by atoms with Gasteiger partial charge in [0.2, 0.25) is 0 Å². The van der Waals surface area contributed by atoms with Crippen LogP contribution in [-0.2, 0) is 0 Å². The van der Waals surface area contributed by atoms with Crippen molar-refractivity contribution in [1.29, 1.82) is 0 Å². The van der Waals surface area contributed by atoms with Gasteiger partial charge in [-0.15, -0.1) is 12.4 Å². The van der Waals surface area contributed by atoms with Crippen LogP contribution in [-0.4, -0.2) is 10.2 Å². The molecular formula is C6H7ClO2. The highest BCUT2D eigenvalue weighted by atomic mass is 35.5. The van der Waals surface area contributed by atoms with Crippen molar-refractivity contribution >= 4 is 12.4 Å². The number of aromatic hydroxyl groups is 2. The lowest BCUT2D eigenvalue weighted by Crippen LogP contribution is -1.61. The average Bonchev–Trinajstić information content (AvgIpc) is 1.77. The number of benzene rings is 1. The molecule has 50 valence electrons. The summed E-state index contributed by atoms with van der Waals surface area (Å²) in [5, 5.41) is 17.3. The highest BCUT2D eigenvalue weighted by molar-refractivity contribution is 5.85. The zero-order valence-electron chi connectivity index (χ0n) is 4.61. The fourth-order valence-electron chi connectivity index (χ4n) is 0.453. The van der Waals surface area contributed by atoms with Gasteiger partial charge in [0.1, 0.15) is 11.5 Å². The van der Waals surface area contributed by atoms with Crippen molar-refractivity contribution in [3.05, 3.63) is 24.3 Å². The first-order chi connectivity index (χ1) is 3.79. The molecular weight excluding hydrogens is 140 g/mol. The third-order valence-electron chi connectivity index (χ3n) is 0.850. The summed E-state index contributed by atoms with van der Waals surface area (Å²) in [6, 6.07) is 5.70. The third-order valence-corrected chi connectivity index (χ3v) is 0.850. The SMILES string of the molecule is Cl.Oc1ccc(O)cc1. The van der Waals surface area contributed by atoms with Crippen molar-refractivity contribution in [1.82, 2.24) is 0 Å². The van der Waals surface area contributed by atoms with Crippen LogP contribution in [0.5, 0.6) is 11.5 Å². The Morgan fingerprint density at radius 2 is 1.00 bits per heavy atom. The molecule has 0 atom stereocenters. The number of hydrogen-bond acceptors (Lipinski definition) is 2. The second kappa shape index (κ2) is 3.20. The summed E-state index contributed by atoms with van der Waals surface area (Å²) in [7, 11) is 0. The van der Waals surface area contributed by atoms with Gasteiger partial charge in [0, 0.05) is 0 Å². The molecule has 1 aromatic rings. The molecule has 0 unspecified atom stereocenters. The molecule has 9 heavy (non-hydrogen) atoms. The van der Waals surface area contributed by atoms with Gasteiger partial charge < -0.3 is 10.2 Å². The van der Waals surface area contributed by atoms with E-state index in [0.717, 1.165) is 0 Å². The Kier molecular flexibility index (Phi) is 2.88. The van der Waals surface area contributed by atoms with Crippen LogP contribution in [0.2, 0.25) is 0 Å². The van der Waals surface area contributed by atoms with Crippen LogP contribution >= 0.6 is 12.4 Å². The lowest BCUT2D eigenvalue weighted by molar-refractivity contribution is 0.460. The molecule has 2 nitrogen and oxygen atoms in total. The molecule has 0 amide bonds. The highest BCUT2D eigenvalue weighted by Gasteiger charge is 1.84. The van der Waals surface area contributed by atoms with E-state index < -0.39 is 0 Å². The van der Waals surface area contributed by atoms with E-state index in [1.165, 1.54) is 24.3 Å². The molecule has 0 spiro atoms. The largest absolute Gasteiger partial charge is 0.508 e. The Bertz CT molecular complexity index is 150. The van der Waals surface area contributed by atoms with Crippen LogP contribution in [0.3, 0.4) is 0 Å². The Morgan fingerprint density at radius 1 is 0.778 bits per heavy atom. The Morgan fingerprint density at radius 3 is 1.22 bits per heavy atom. The van der Waals surface area contributed by atoms with E-state index in [-0.39, 0.29) is 23.9 Å². The summed E-state index contributed by atoms with van der Waals surface area (Å²) in [4.78, 5) is 0. The van der Waals surface area contributed by atoms with Crippen molar-refractivity contribution in [2.45, 2.75) is 0 Å². The van der Waals surface area contributed by atoms with Crippen LogP contribution in [0.25, 0.3) is 0 Å². The number of halogens is 1. The maximum Gasteiger partial charge on any atom is 0.115 e. The van der Waals surface area contributed by atoms with Crippen molar-refractivity contribution < 1.29 is 10.2 Å². The first-order valence-electron chi connectivity index (χ1n) is 2.27. The van der Waals surface area contributed by atoms with Gasteiger partial charge in [0.25, 0.3) is 0 Å². The van der Waals surface area contributed by atoms with Crippen molar-refractivity contribution in [3.8, 4) is 11.5 Å². The average molecular weight is 147 g/mol. The van der Waals surface area contributed by atoms with Crippen molar-refractivity contribution in [2.75, 3.05) is 0 Å². The topological polar surface area (TPSA) is 40.5 Å². The van der Waals surface area contributed by atoms with Crippen LogP contribution in [0.4, 0.5) is 0 Å². The predicted molar refractivity (Wildman–Crippen MR) is 37.0 cm³/mol. The molecule has 3 heteroatoms. The number of phenolic OH excluding ortho intramolecular Hbond substituents is 2. The Labute approximate surface area is 59.2 Å². The normalized spacial score (nSPS) is 8.00. The first kappa shape index (κ1) is 8.11. The Hall–Kier alpha value is -0.890. The molecule has 2 N–H and O–H groups in total. The minimum atomic E-state index is 0. The van der Waals surface area contributed by atoms with Crippen LogP contribution in [0.15, 0.2) is 24.3 Å². The van der Waals surface area contributed by atoms with E-state index in [2.05, 4.69) is 0 Å². The van der Waals surface area contributed by atoms with Crippen molar-refractivity contribution in [3.63, 3.8) is 0 Å². The predicted octanol–water partition coefficient (Wildman–Crippen LogP) is 1.52. The van der Waals surface area contributed by atoms with E-state index in [1.54, 1.807) is 0 Å². The number of hydrogen-bond donors (Lipinski definition) is 2. The van der Waals surface area contributed by atoms with Gasteiger partial charge in [-0.2, -0.15) is 0 Å². The molecule has 0 aliphatic rings. The standard InChI is InChI=1S/C6H6O2.ClH/c7-5-1-2-6(8)4-3-5;/h1-4,7-8H;1H. The first-order valence-corrected chi connectivity index (χ1v) is 2.27. The second-order valence-corrected chi connectivity index (χ2v) is 1.52. The lowest BCUT2D eigenvalue weighted by atomic mass is 10.3. The van der Waals surface area contributed by atoms with Gasteiger partial charge in [0.15, 0.2) is 0 Å². The zero-order valence-corrected chi connectivity index (χ0v) is 5.43. The maximum absolute atomic E-state index is 8.65. The number of phenols is 2. The van der Waals surface area contributed by atoms with Gasteiger partial charge in [-0.25, -0.2) is 0 Å². The van der Waals surface area contributed by atoms with E-state index in [1.807, 2.05) is 0 Å². The minimum absolute atomic E-state index is 0. The van der Waals surface area contributed by atoms with Crippen LogP contribution in [0.1, 0.15) is 0 Å². The van der Waals surface area contributed by atoms with Crippen molar-refractivity contribution in [2.24, 2.45) is 0 Å². The molecule has 1 aromatic carbocycles. The van der Waals surface area contributed by atoms with Crippen LogP contribution in [0, 0.1) is 0 Å². The molecule has 0 radical (unpaired) electrons. The van der Waals surface area contributed by atoms with Gasteiger partial charge in [-0.05, 0) is 24.3 Å². The molecule has 0 heterocycles.